The van der Waals surface area contributed by atoms with Crippen LogP contribution in [0.1, 0.15) is 50.6 Å². The van der Waals surface area contributed by atoms with E-state index in [-0.39, 0.29) is 23.9 Å². The lowest BCUT2D eigenvalue weighted by molar-refractivity contribution is -0.126. The predicted molar refractivity (Wildman–Crippen MR) is 75.3 cm³/mol. The highest BCUT2D eigenvalue weighted by Gasteiger charge is 2.27. The van der Waals surface area contributed by atoms with E-state index in [1.165, 1.54) is 6.42 Å². The SMILES string of the molecule is C[C@H](NC(=O)C1CCCCCC1N)c1cccnc1. The maximum atomic E-state index is 12.3. The molecule has 4 nitrogen and oxygen atoms in total. The van der Waals surface area contributed by atoms with E-state index in [2.05, 4.69) is 10.3 Å². The summed E-state index contributed by atoms with van der Waals surface area (Å²) in [4.78, 5) is 16.4. The van der Waals surface area contributed by atoms with Crippen LogP contribution in [0.3, 0.4) is 0 Å². The number of amides is 1. The molecule has 0 aromatic carbocycles. The first-order chi connectivity index (χ1) is 9.18. The van der Waals surface area contributed by atoms with Gasteiger partial charge in [0.1, 0.15) is 0 Å². The Morgan fingerprint density at radius 3 is 2.95 bits per heavy atom. The first-order valence-corrected chi connectivity index (χ1v) is 7.14. The van der Waals surface area contributed by atoms with Crippen LogP contribution in [0.15, 0.2) is 24.5 Å². The van der Waals surface area contributed by atoms with Crippen LogP contribution < -0.4 is 11.1 Å². The highest BCUT2D eigenvalue weighted by molar-refractivity contribution is 5.79. The van der Waals surface area contributed by atoms with Crippen molar-refractivity contribution in [1.29, 1.82) is 0 Å². The van der Waals surface area contributed by atoms with Gasteiger partial charge in [0.15, 0.2) is 0 Å². The van der Waals surface area contributed by atoms with Gasteiger partial charge in [-0.1, -0.05) is 25.3 Å². The van der Waals surface area contributed by atoms with E-state index in [0.717, 1.165) is 31.2 Å². The number of carbonyl (C=O) groups is 1. The maximum Gasteiger partial charge on any atom is 0.225 e. The molecule has 3 atom stereocenters. The summed E-state index contributed by atoms with van der Waals surface area (Å²) in [6.45, 7) is 1.98. The summed E-state index contributed by atoms with van der Waals surface area (Å²) in [7, 11) is 0. The minimum absolute atomic E-state index is 0.00333. The second-order valence-corrected chi connectivity index (χ2v) is 5.42. The molecule has 2 unspecified atom stereocenters. The van der Waals surface area contributed by atoms with Crippen LogP contribution in [0.25, 0.3) is 0 Å². The zero-order valence-electron chi connectivity index (χ0n) is 11.5. The monoisotopic (exact) mass is 261 g/mol. The summed E-state index contributed by atoms with van der Waals surface area (Å²) >= 11 is 0. The van der Waals surface area contributed by atoms with Gasteiger partial charge in [-0.3, -0.25) is 9.78 Å². The van der Waals surface area contributed by atoms with Crippen molar-refractivity contribution in [3.05, 3.63) is 30.1 Å². The molecule has 1 aromatic rings. The van der Waals surface area contributed by atoms with Crippen molar-refractivity contribution in [3.63, 3.8) is 0 Å². The zero-order valence-corrected chi connectivity index (χ0v) is 11.5. The van der Waals surface area contributed by atoms with Crippen LogP contribution >= 0.6 is 0 Å². The molecule has 104 valence electrons. The molecule has 2 rings (SSSR count). The fourth-order valence-corrected chi connectivity index (χ4v) is 2.70. The number of carbonyl (C=O) groups excluding carboxylic acids is 1. The molecule has 1 aromatic heterocycles. The fraction of sp³-hybridized carbons (Fsp3) is 0.600. The highest BCUT2D eigenvalue weighted by atomic mass is 16.2. The molecule has 0 spiro atoms. The number of rotatable bonds is 3. The third-order valence-corrected chi connectivity index (χ3v) is 3.95. The van der Waals surface area contributed by atoms with E-state index in [1.54, 1.807) is 12.4 Å². The number of nitrogens with zero attached hydrogens (tertiary/aromatic N) is 1. The van der Waals surface area contributed by atoms with E-state index in [1.807, 2.05) is 19.1 Å². The lowest BCUT2D eigenvalue weighted by Gasteiger charge is -2.23. The Balaban J connectivity index is 1.96. The molecule has 1 aliphatic carbocycles. The summed E-state index contributed by atoms with van der Waals surface area (Å²) in [5.41, 5.74) is 7.15. The smallest absolute Gasteiger partial charge is 0.225 e. The second kappa shape index (κ2) is 6.66. The van der Waals surface area contributed by atoms with Gasteiger partial charge in [-0.2, -0.15) is 0 Å². The molecule has 1 amide bonds. The fourth-order valence-electron chi connectivity index (χ4n) is 2.70. The molecule has 0 radical (unpaired) electrons. The molecular formula is C15H23N3O. The van der Waals surface area contributed by atoms with Crippen LogP contribution in [0.5, 0.6) is 0 Å². The number of nitrogens with two attached hydrogens (primary N) is 1. The quantitative estimate of drug-likeness (QED) is 0.819. The summed E-state index contributed by atoms with van der Waals surface area (Å²) in [5.74, 6) is 0.0485. The minimum atomic E-state index is -0.0402. The summed E-state index contributed by atoms with van der Waals surface area (Å²) in [5, 5.41) is 3.07. The van der Waals surface area contributed by atoms with Crippen LogP contribution in [-0.2, 0) is 4.79 Å². The van der Waals surface area contributed by atoms with Crippen LogP contribution in [0.4, 0.5) is 0 Å². The van der Waals surface area contributed by atoms with E-state index < -0.39 is 0 Å². The largest absolute Gasteiger partial charge is 0.349 e. The molecule has 3 N–H and O–H groups in total. The molecule has 1 saturated carbocycles. The number of pyridine rings is 1. The normalized spacial score (nSPS) is 25.4. The second-order valence-electron chi connectivity index (χ2n) is 5.42. The van der Waals surface area contributed by atoms with Gasteiger partial charge in [-0.15, -0.1) is 0 Å². The van der Waals surface area contributed by atoms with Crippen LogP contribution in [-0.4, -0.2) is 16.9 Å². The Bertz CT molecular complexity index is 407. The van der Waals surface area contributed by atoms with Crippen molar-refractivity contribution >= 4 is 5.91 Å². The summed E-state index contributed by atoms with van der Waals surface area (Å²) in [6.07, 6.45) is 8.83. The average Bonchev–Trinajstić information content (AvgIpc) is 2.64. The lowest BCUT2D eigenvalue weighted by atomic mass is 9.94. The van der Waals surface area contributed by atoms with E-state index in [9.17, 15) is 4.79 Å². The van der Waals surface area contributed by atoms with Crippen molar-refractivity contribution in [2.45, 2.75) is 51.1 Å². The Labute approximate surface area is 114 Å². The van der Waals surface area contributed by atoms with Crippen LogP contribution in [0, 0.1) is 5.92 Å². The highest BCUT2D eigenvalue weighted by Crippen LogP contribution is 2.23. The standard InChI is InChI=1S/C15H23N3O/c1-11(12-6-5-9-17-10-12)18-15(19)13-7-3-2-4-8-14(13)16/h5-6,9-11,13-14H,2-4,7-8,16H2,1H3,(H,18,19)/t11-,13?,14?/m0/s1. The first-order valence-electron chi connectivity index (χ1n) is 7.14. The van der Waals surface area contributed by atoms with E-state index in [4.69, 9.17) is 5.73 Å². The van der Waals surface area contributed by atoms with Gasteiger partial charge in [-0.25, -0.2) is 0 Å². The number of hydrogen-bond acceptors (Lipinski definition) is 3. The summed E-state index contributed by atoms with van der Waals surface area (Å²) < 4.78 is 0. The molecule has 19 heavy (non-hydrogen) atoms. The molecule has 1 aliphatic rings. The number of hydrogen-bond donors (Lipinski definition) is 2. The zero-order chi connectivity index (χ0) is 13.7. The minimum Gasteiger partial charge on any atom is -0.349 e. The third kappa shape index (κ3) is 3.77. The van der Waals surface area contributed by atoms with Gasteiger partial charge in [-0.05, 0) is 31.4 Å². The molecular weight excluding hydrogens is 238 g/mol. The third-order valence-electron chi connectivity index (χ3n) is 3.95. The molecule has 4 heteroatoms. The Morgan fingerprint density at radius 2 is 2.21 bits per heavy atom. The van der Waals surface area contributed by atoms with Crippen LogP contribution in [0.2, 0.25) is 0 Å². The molecule has 0 saturated heterocycles. The van der Waals surface area contributed by atoms with Gasteiger partial charge >= 0.3 is 0 Å². The van der Waals surface area contributed by atoms with Crippen molar-refractivity contribution in [2.75, 3.05) is 0 Å². The molecule has 0 aliphatic heterocycles. The number of aromatic nitrogens is 1. The van der Waals surface area contributed by atoms with Gasteiger partial charge in [0.2, 0.25) is 5.91 Å². The van der Waals surface area contributed by atoms with Crippen molar-refractivity contribution in [2.24, 2.45) is 11.7 Å². The van der Waals surface area contributed by atoms with Gasteiger partial charge in [0.25, 0.3) is 0 Å². The molecule has 1 heterocycles. The van der Waals surface area contributed by atoms with Gasteiger partial charge in [0.05, 0.1) is 12.0 Å². The number of nitrogens with one attached hydrogen (secondary N) is 1. The molecule has 1 fully saturated rings. The topological polar surface area (TPSA) is 68.0 Å². The van der Waals surface area contributed by atoms with E-state index >= 15 is 0 Å². The van der Waals surface area contributed by atoms with Crippen molar-refractivity contribution in [1.82, 2.24) is 10.3 Å². The van der Waals surface area contributed by atoms with Gasteiger partial charge in [0, 0.05) is 18.4 Å². The summed E-state index contributed by atoms with van der Waals surface area (Å²) in [6, 6.07) is 3.85. The first kappa shape index (κ1) is 14.0. The average molecular weight is 261 g/mol. The Hall–Kier alpha value is -1.42. The molecule has 0 bridgehead atoms. The Kier molecular flexibility index (Phi) is 4.91. The Morgan fingerprint density at radius 1 is 1.42 bits per heavy atom. The lowest BCUT2D eigenvalue weighted by Crippen LogP contribution is -2.42. The van der Waals surface area contributed by atoms with Crippen molar-refractivity contribution < 1.29 is 4.79 Å². The van der Waals surface area contributed by atoms with Gasteiger partial charge < -0.3 is 11.1 Å². The predicted octanol–water partition coefficient (Wildman–Crippen LogP) is 2.17. The van der Waals surface area contributed by atoms with E-state index in [0.29, 0.717) is 0 Å². The van der Waals surface area contributed by atoms with Crippen molar-refractivity contribution in [3.8, 4) is 0 Å². The maximum absolute atomic E-state index is 12.3.